The largest absolute Gasteiger partial charge is 0.496 e. The van der Waals surface area contributed by atoms with Crippen LogP contribution in [0.4, 0.5) is 0 Å². The van der Waals surface area contributed by atoms with Gasteiger partial charge < -0.3 is 9.64 Å². The second-order valence-corrected chi connectivity index (χ2v) is 7.50. The number of para-hydroxylation sites is 1. The lowest BCUT2D eigenvalue weighted by molar-refractivity contribution is -0.132. The predicted octanol–water partition coefficient (Wildman–Crippen LogP) is 4.40. The molecule has 4 rings (SSSR count). The number of benzene rings is 2. The molecule has 0 aromatic heterocycles. The van der Waals surface area contributed by atoms with Gasteiger partial charge >= 0.3 is 0 Å². The second kappa shape index (κ2) is 6.38. The minimum absolute atomic E-state index is 0.271. The Hall–Kier alpha value is -2.00. The van der Waals surface area contributed by atoms with E-state index in [1.165, 1.54) is 5.56 Å². The molecule has 2 fully saturated rings. The van der Waals surface area contributed by atoms with Gasteiger partial charge in [0.25, 0.3) is 0 Å². The minimum atomic E-state index is -0.319. The Morgan fingerprint density at radius 3 is 2.56 bits per heavy atom. The van der Waals surface area contributed by atoms with Gasteiger partial charge in [-0.2, -0.15) is 0 Å². The lowest BCUT2D eigenvalue weighted by atomic mass is 9.94. The van der Waals surface area contributed by atoms with Crippen LogP contribution in [0.25, 0.3) is 0 Å². The number of hydrogen-bond acceptors (Lipinski definition) is 2. The molecule has 1 aliphatic heterocycles. The number of nitrogens with zero attached hydrogens (tertiary/aromatic N) is 1. The number of ether oxygens (including phenoxy) is 1. The fraction of sp³-hybridized carbons (Fsp3) is 0.381. The highest BCUT2D eigenvalue weighted by Crippen LogP contribution is 2.50. The number of halogens is 1. The Balaban J connectivity index is 1.52. The monoisotopic (exact) mass is 355 g/mol. The number of hydrogen-bond donors (Lipinski definition) is 0. The van der Waals surface area contributed by atoms with Gasteiger partial charge in [0.2, 0.25) is 5.91 Å². The molecular weight excluding hydrogens is 334 g/mol. The normalized spacial score (nSPS) is 21.2. The van der Waals surface area contributed by atoms with E-state index in [1.54, 1.807) is 7.11 Å². The van der Waals surface area contributed by atoms with E-state index in [-0.39, 0.29) is 11.3 Å². The summed E-state index contributed by atoms with van der Waals surface area (Å²) in [6.45, 7) is 1.59. The highest BCUT2D eigenvalue weighted by molar-refractivity contribution is 6.30. The first-order valence-electron chi connectivity index (χ1n) is 8.82. The summed E-state index contributed by atoms with van der Waals surface area (Å²) in [6, 6.07) is 15.9. The topological polar surface area (TPSA) is 29.5 Å². The molecule has 3 nitrogen and oxygen atoms in total. The SMILES string of the molecule is COc1ccccc1C1CCN(C(=O)C2(c3ccc(Cl)cc3)CC2)C1. The first kappa shape index (κ1) is 16.5. The van der Waals surface area contributed by atoms with Crippen molar-refractivity contribution in [1.82, 2.24) is 4.90 Å². The number of carbonyl (C=O) groups is 1. The predicted molar refractivity (Wildman–Crippen MR) is 99.3 cm³/mol. The van der Waals surface area contributed by atoms with E-state index < -0.39 is 0 Å². The van der Waals surface area contributed by atoms with Crippen LogP contribution in [0.2, 0.25) is 5.02 Å². The van der Waals surface area contributed by atoms with Gasteiger partial charge in [0.05, 0.1) is 12.5 Å². The molecular formula is C21H22ClNO2. The Kier molecular flexibility index (Phi) is 4.20. The summed E-state index contributed by atoms with van der Waals surface area (Å²) in [5, 5.41) is 0.712. The molecule has 0 spiro atoms. The fourth-order valence-corrected chi connectivity index (χ4v) is 4.15. The van der Waals surface area contributed by atoms with Crippen LogP contribution in [-0.2, 0) is 10.2 Å². The maximum atomic E-state index is 13.2. The van der Waals surface area contributed by atoms with Crippen molar-refractivity contribution < 1.29 is 9.53 Å². The smallest absolute Gasteiger partial charge is 0.233 e. The van der Waals surface area contributed by atoms with E-state index in [1.807, 2.05) is 47.4 Å². The number of methoxy groups -OCH3 is 1. The van der Waals surface area contributed by atoms with Crippen molar-refractivity contribution in [2.45, 2.75) is 30.6 Å². The molecule has 1 heterocycles. The molecule has 1 atom stereocenters. The average Bonchev–Trinajstić information content (AvgIpc) is 3.31. The Morgan fingerprint density at radius 1 is 1.16 bits per heavy atom. The van der Waals surface area contributed by atoms with Crippen molar-refractivity contribution in [3.63, 3.8) is 0 Å². The molecule has 1 amide bonds. The quantitative estimate of drug-likeness (QED) is 0.813. The number of rotatable bonds is 4. The van der Waals surface area contributed by atoms with Gasteiger partial charge in [-0.25, -0.2) is 0 Å². The van der Waals surface area contributed by atoms with E-state index in [0.717, 1.165) is 43.7 Å². The summed E-state index contributed by atoms with van der Waals surface area (Å²) in [7, 11) is 1.70. The lowest BCUT2D eigenvalue weighted by Crippen LogP contribution is -2.37. The molecule has 2 aliphatic rings. The van der Waals surface area contributed by atoms with Gasteiger partial charge in [-0.05, 0) is 48.6 Å². The van der Waals surface area contributed by atoms with E-state index in [0.29, 0.717) is 10.9 Å². The first-order chi connectivity index (χ1) is 12.1. The van der Waals surface area contributed by atoms with Crippen molar-refractivity contribution in [3.8, 4) is 5.75 Å². The maximum Gasteiger partial charge on any atom is 0.233 e. The summed E-state index contributed by atoms with van der Waals surface area (Å²) >= 11 is 6.00. The van der Waals surface area contributed by atoms with Gasteiger partial charge in [0, 0.05) is 24.0 Å². The molecule has 4 heteroatoms. The molecule has 2 aromatic rings. The van der Waals surface area contributed by atoms with Crippen molar-refractivity contribution in [2.24, 2.45) is 0 Å². The van der Waals surface area contributed by atoms with Crippen LogP contribution in [0, 0.1) is 0 Å². The molecule has 1 saturated carbocycles. The Labute approximate surface area is 153 Å². The molecule has 1 aliphatic carbocycles. The van der Waals surface area contributed by atoms with Gasteiger partial charge in [-0.1, -0.05) is 41.9 Å². The summed E-state index contributed by atoms with van der Waals surface area (Å²) in [5.74, 6) is 1.54. The molecule has 25 heavy (non-hydrogen) atoms. The lowest BCUT2D eigenvalue weighted by Gasteiger charge is -2.24. The van der Waals surface area contributed by atoms with Crippen molar-refractivity contribution >= 4 is 17.5 Å². The standard InChI is InChI=1S/C21H22ClNO2/c1-25-19-5-3-2-4-18(19)15-10-13-23(14-15)20(24)21(11-12-21)16-6-8-17(22)9-7-16/h2-9,15H,10-14H2,1H3. The molecule has 0 radical (unpaired) electrons. The van der Waals surface area contributed by atoms with Gasteiger partial charge in [-0.3, -0.25) is 4.79 Å². The van der Waals surface area contributed by atoms with Crippen LogP contribution in [0.15, 0.2) is 48.5 Å². The fourth-order valence-electron chi connectivity index (χ4n) is 4.02. The van der Waals surface area contributed by atoms with Crippen LogP contribution in [0.3, 0.4) is 0 Å². The maximum absolute atomic E-state index is 13.2. The third-order valence-corrected chi connectivity index (χ3v) is 5.86. The Morgan fingerprint density at radius 2 is 1.88 bits per heavy atom. The van der Waals surface area contributed by atoms with Gasteiger partial charge in [0.1, 0.15) is 5.75 Å². The molecule has 1 saturated heterocycles. The molecule has 0 bridgehead atoms. The number of likely N-dealkylation sites (tertiary alicyclic amines) is 1. The van der Waals surface area contributed by atoms with E-state index in [4.69, 9.17) is 16.3 Å². The van der Waals surface area contributed by atoms with Crippen LogP contribution < -0.4 is 4.74 Å². The molecule has 0 N–H and O–H groups in total. The van der Waals surface area contributed by atoms with Crippen LogP contribution in [0.5, 0.6) is 5.75 Å². The van der Waals surface area contributed by atoms with E-state index in [9.17, 15) is 4.79 Å². The third kappa shape index (κ3) is 2.91. The molecule has 1 unspecified atom stereocenters. The zero-order valence-corrected chi connectivity index (χ0v) is 15.1. The highest BCUT2D eigenvalue weighted by atomic mass is 35.5. The summed E-state index contributed by atoms with van der Waals surface area (Å²) in [5.41, 5.74) is 1.99. The highest BCUT2D eigenvalue weighted by Gasteiger charge is 2.53. The molecule has 2 aromatic carbocycles. The van der Waals surface area contributed by atoms with Gasteiger partial charge in [-0.15, -0.1) is 0 Å². The summed E-state index contributed by atoms with van der Waals surface area (Å²) < 4.78 is 5.50. The van der Waals surface area contributed by atoms with Crippen molar-refractivity contribution in [1.29, 1.82) is 0 Å². The van der Waals surface area contributed by atoms with Crippen LogP contribution in [-0.4, -0.2) is 31.0 Å². The van der Waals surface area contributed by atoms with Crippen molar-refractivity contribution in [2.75, 3.05) is 20.2 Å². The Bertz CT molecular complexity index is 783. The third-order valence-electron chi connectivity index (χ3n) is 5.61. The van der Waals surface area contributed by atoms with Crippen LogP contribution in [0.1, 0.15) is 36.3 Å². The van der Waals surface area contributed by atoms with E-state index >= 15 is 0 Å². The van der Waals surface area contributed by atoms with Crippen LogP contribution >= 0.6 is 11.6 Å². The summed E-state index contributed by atoms with van der Waals surface area (Å²) in [4.78, 5) is 15.2. The summed E-state index contributed by atoms with van der Waals surface area (Å²) in [6.07, 6.45) is 2.86. The zero-order chi connectivity index (χ0) is 17.4. The number of carbonyl (C=O) groups excluding carboxylic acids is 1. The van der Waals surface area contributed by atoms with Crippen molar-refractivity contribution in [3.05, 3.63) is 64.7 Å². The first-order valence-corrected chi connectivity index (χ1v) is 9.20. The van der Waals surface area contributed by atoms with Gasteiger partial charge in [0.15, 0.2) is 0 Å². The molecule has 130 valence electrons. The minimum Gasteiger partial charge on any atom is -0.496 e. The second-order valence-electron chi connectivity index (χ2n) is 7.07. The average molecular weight is 356 g/mol. The zero-order valence-electron chi connectivity index (χ0n) is 14.4. The number of amides is 1. The van der Waals surface area contributed by atoms with E-state index in [2.05, 4.69) is 6.07 Å².